The van der Waals surface area contributed by atoms with Crippen LogP contribution in [0.5, 0.6) is 0 Å². The molecule has 0 N–H and O–H groups in total. The maximum absolute atomic E-state index is 13.7. The Hall–Kier alpha value is -7.28. The molecule has 64 heavy (non-hydrogen) atoms. The molecular formula is C54H28N4O2S4. The third kappa shape index (κ3) is 4.94. The van der Waals surface area contributed by atoms with Crippen LogP contribution in [0.3, 0.4) is 0 Å². The number of ketones is 2. The Labute approximate surface area is 383 Å². The van der Waals surface area contributed by atoms with Gasteiger partial charge in [0.1, 0.15) is 35.4 Å². The van der Waals surface area contributed by atoms with Crippen LogP contribution in [0.15, 0.2) is 107 Å². The third-order valence-electron chi connectivity index (χ3n) is 13.4. The van der Waals surface area contributed by atoms with Crippen LogP contribution in [0.25, 0.3) is 73.8 Å². The van der Waals surface area contributed by atoms with Crippen molar-refractivity contribution in [2.45, 2.75) is 38.5 Å². The zero-order valence-corrected chi connectivity index (χ0v) is 37.7. The van der Waals surface area contributed by atoms with Crippen LogP contribution in [0.4, 0.5) is 0 Å². The Bertz CT molecular complexity index is 3640. The first kappa shape index (κ1) is 38.4. The van der Waals surface area contributed by atoms with E-state index >= 15 is 0 Å². The van der Waals surface area contributed by atoms with Crippen LogP contribution < -0.4 is 0 Å². The number of Topliss-reactive ketones (excluding diaryl/α,β-unsaturated/α-hetero) is 2. The largest absolute Gasteiger partial charge is 0.289 e. The maximum Gasteiger partial charge on any atom is 0.194 e. The zero-order chi connectivity index (χ0) is 44.1. The molecule has 4 heterocycles. The molecule has 0 amide bonds. The number of hydrogen-bond acceptors (Lipinski definition) is 10. The zero-order valence-electron chi connectivity index (χ0n) is 34.5. The third-order valence-corrected chi connectivity index (χ3v) is 18.1. The highest BCUT2D eigenvalue weighted by atomic mass is 32.1. The highest BCUT2D eigenvalue weighted by Gasteiger charge is 2.45. The van der Waals surface area contributed by atoms with E-state index in [4.69, 9.17) is 0 Å². The normalized spacial score (nSPS) is 17.0. The molecule has 4 aliphatic rings. The summed E-state index contributed by atoms with van der Waals surface area (Å²) in [5, 5.41) is 41.5. The van der Waals surface area contributed by atoms with Gasteiger partial charge in [-0.3, -0.25) is 9.59 Å². The molecule has 0 radical (unpaired) electrons. The van der Waals surface area contributed by atoms with Gasteiger partial charge in [-0.05, 0) is 104 Å². The lowest BCUT2D eigenvalue weighted by Gasteiger charge is -2.22. The molecule has 0 atom stereocenters. The average molecular weight is 893 g/mol. The van der Waals surface area contributed by atoms with Gasteiger partial charge in [-0.15, -0.1) is 45.3 Å². The predicted molar refractivity (Wildman–Crippen MR) is 259 cm³/mol. The second-order valence-electron chi connectivity index (χ2n) is 17.5. The summed E-state index contributed by atoms with van der Waals surface area (Å²) < 4.78 is 4.90. The van der Waals surface area contributed by atoms with Gasteiger partial charge in [0.05, 0.1) is 9.40 Å². The Morgan fingerprint density at radius 2 is 0.875 bits per heavy atom. The molecule has 300 valence electrons. The van der Waals surface area contributed by atoms with Gasteiger partial charge in [-0.2, -0.15) is 21.0 Å². The number of carbonyl (C=O) groups is 2. The van der Waals surface area contributed by atoms with Gasteiger partial charge < -0.3 is 0 Å². The molecule has 4 aromatic heterocycles. The van der Waals surface area contributed by atoms with Crippen LogP contribution in [0, 0.1) is 45.3 Å². The summed E-state index contributed by atoms with van der Waals surface area (Å²) in [5.74, 6) is -0.359. The van der Waals surface area contributed by atoms with Crippen LogP contribution in [-0.2, 0) is 10.8 Å². The first-order valence-electron chi connectivity index (χ1n) is 20.5. The first-order chi connectivity index (χ1) is 30.9. The van der Waals surface area contributed by atoms with Crippen molar-refractivity contribution in [2.24, 2.45) is 0 Å². The molecule has 0 spiro atoms. The molecule has 0 saturated carbocycles. The number of nitrogens with zero attached hydrogens (tertiary/aromatic N) is 4. The van der Waals surface area contributed by atoms with E-state index in [1.807, 2.05) is 71.2 Å². The number of fused-ring (bicyclic) bond motifs is 13. The number of thiophene rings is 4. The number of carbonyl (C=O) groups excluding carboxylic acids is 2. The van der Waals surface area contributed by atoms with E-state index in [-0.39, 0.29) is 33.5 Å². The SMILES string of the molecule is CC1(C)c2cc3sc(/C=C4\C(=O)c5ccccc5C4=C(C#N)C#N)cc3cc2-c2sc3c4c(sc3c21)-c1cc2cc(/C=C3\C(=O)c5ccccc5C3=C(C#N)C#N)sc2cc1C4(C)C. The fourth-order valence-electron chi connectivity index (χ4n) is 10.5. The number of rotatable bonds is 2. The van der Waals surface area contributed by atoms with E-state index in [2.05, 4.69) is 64.1 Å². The molecule has 0 aliphatic heterocycles. The molecule has 6 nitrogen and oxygen atoms in total. The minimum Gasteiger partial charge on any atom is -0.289 e. The topological polar surface area (TPSA) is 129 Å². The van der Waals surface area contributed by atoms with Gasteiger partial charge in [0.25, 0.3) is 0 Å². The minimum absolute atomic E-state index is 0.0668. The van der Waals surface area contributed by atoms with Crippen LogP contribution >= 0.6 is 45.3 Å². The summed E-state index contributed by atoms with van der Waals surface area (Å²) in [6.07, 6.45) is 3.69. The van der Waals surface area contributed by atoms with Gasteiger partial charge in [-0.25, -0.2) is 0 Å². The summed E-state index contributed by atoms with van der Waals surface area (Å²) >= 11 is 7.00. The van der Waals surface area contributed by atoms with Gasteiger partial charge >= 0.3 is 0 Å². The summed E-state index contributed by atoms with van der Waals surface area (Å²) in [4.78, 5) is 31.7. The van der Waals surface area contributed by atoms with Crippen molar-refractivity contribution in [2.75, 3.05) is 0 Å². The molecule has 8 aromatic rings. The van der Waals surface area contributed by atoms with Crippen LogP contribution in [-0.4, -0.2) is 11.6 Å². The maximum atomic E-state index is 13.7. The lowest BCUT2D eigenvalue weighted by Crippen LogP contribution is -2.15. The first-order valence-corrected chi connectivity index (χ1v) is 23.7. The Morgan fingerprint density at radius 3 is 1.25 bits per heavy atom. The minimum atomic E-state index is -0.264. The van der Waals surface area contributed by atoms with Gasteiger partial charge in [0.2, 0.25) is 0 Å². The Kier molecular flexibility index (Phi) is 7.88. The second kappa shape index (κ2) is 13.1. The summed E-state index contributed by atoms with van der Waals surface area (Å²) in [6.45, 7) is 9.29. The van der Waals surface area contributed by atoms with E-state index in [0.717, 1.165) is 29.9 Å². The lowest BCUT2D eigenvalue weighted by atomic mass is 9.81. The van der Waals surface area contributed by atoms with Crippen molar-refractivity contribution in [3.05, 3.63) is 161 Å². The van der Waals surface area contributed by atoms with Crippen molar-refractivity contribution in [3.8, 4) is 45.2 Å². The fourth-order valence-corrected chi connectivity index (χ4v) is 16.1. The molecule has 0 fully saturated rings. The molecule has 0 unspecified atom stereocenters. The lowest BCUT2D eigenvalue weighted by molar-refractivity contribution is 0.103. The van der Waals surface area contributed by atoms with E-state index in [0.29, 0.717) is 44.5 Å². The molecule has 4 aromatic carbocycles. The van der Waals surface area contributed by atoms with E-state index in [9.17, 15) is 30.6 Å². The quantitative estimate of drug-likeness (QED) is 0.125. The summed E-state index contributed by atoms with van der Waals surface area (Å²) in [7, 11) is 0. The van der Waals surface area contributed by atoms with E-state index in [1.165, 1.54) is 52.5 Å². The van der Waals surface area contributed by atoms with Crippen molar-refractivity contribution in [1.29, 1.82) is 21.0 Å². The highest BCUT2D eigenvalue weighted by Crippen LogP contribution is 2.64. The van der Waals surface area contributed by atoms with Crippen LogP contribution in [0.1, 0.15) is 91.5 Å². The number of benzene rings is 4. The van der Waals surface area contributed by atoms with Crippen LogP contribution in [0.2, 0.25) is 0 Å². The molecule has 4 aliphatic carbocycles. The number of nitriles is 4. The highest BCUT2D eigenvalue weighted by molar-refractivity contribution is 7.32. The van der Waals surface area contributed by atoms with E-state index in [1.54, 1.807) is 59.1 Å². The molecule has 0 bridgehead atoms. The van der Waals surface area contributed by atoms with Crippen molar-refractivity contribution >= 4 is 110 Å². The standard InChI is InChI=1S/C54H28N4O2S4/c1-53(2)39-19-41-25(13-29(61-41)17-37-43(27(21-55)22-56)31-9-5-7-11-33(31)47(37)59)15-35(39)49-45(53)51-52(63-49)46-50(64-51)36-16-26-14-30(62-42(26)20-40(36)54(46,3)4)18-38-44(28(23-57)24-58)32-10-6-8-12-34(32)48(38)60/h5-20H,1-4H3/b37-17-,38-18-. The van der Waals surface area contributed by atoms with E-state index < -0.39 is 0 Å². The van der Waals surface area contributed by atoms with Crippen molar-refractivity contribution in [3.63, 3.8) is 0 Å². The van der Waals surface area contributed by atoms with Crippen molar-refractivity contribution < 1.29 is 9.59 Å². The fraction of sp³-hybridized carbons (Fsp3) is 0.111. The van der Waals surface area contributed by atoms with Gasteiger partial charge in [0, 0.05) is 73.2 Å². The Morgan fingerprint density at radius 1 is 0.500 bits per heavy atom. The molecular weight excluding hydrogens is 865 g/mol. The summed E-state index contributed by atoms with van der Waals surface area (Å²) in [6, 6.07) is 35.8. The second-order valence-corrected chi connectivity index (χ2v) is 21.8. The van der Waals surface area contributed by atoms with Gasteiger partial charge in [0.15, 0.2) is 11.6 Å². The van der Waals surface area contributed by atoms with Gasteiger partial charge in [-0.1, -0.05) is 76.2 Å². The van der Waals surface area contributed by atoms with Crippen molar-refractivity contribution in [1.82, 2.24) is 0 Å². The Balaban J connectivity index is 0.942. The summed E-state index contributed by atoms with van der Waals surface area (Å²) in [5.41, 5.74) is 10.9. The smallest absolute Gasteiger partial charge is 0.194 e. The molecule has 0 saturated heterocycles. The molecule has 10 heteroatoms. The monoisotopic (exact) mass is 892 g/mol. The predicted octanol–water partition coefficient (Wildman–Crippen LogP) is 14.2. The average Bonchev–Trinajstić information content (AvgIpc) is 4.16. The number of allylic oxidation sites excluding steroid dienone is 6. The molecule has 12 rings (SSSR count). The number of hydrogen-bond donors (Lipinski definition) is 0.